The second-order valence-electron chi connectivity index (χ2n) is 13.8. The van der Waals surface area contributed by atoms with Gasteiger partial charge in [0.05, 0.1) is 39.6 Å². The zero-order chi connectivity index (χ0) is 41.6. The SMILES string of the molecule is CCCCOc1cc2c(cc1OCCCC(F)(F)F)c1cc(OCCCC)c(OCCCC(F)(F)F)cc1c1cc(OCCCC)c(OCCCC(F)(F)F)cc21. The highest BCUT2D eigenvalue weighted by molar-refractivity contribution is 6.26. The van der Waals surface area contributed by atoms with Crippen molar-refractivity contribution in [2.75, 3.05) is 39.6 Å². The third-order valence-electron chi connectivity index (χ3n) is 8.97. The summed E-state index contributed by atoms with van der Waals surface area (Å²) < 4.78 is 153. The van der Waals surface area contributed by atoms with Crippen molar-refractivity contribution >= 4 is 32.3 Å². The monoisotopic (exact) mass is 822 g/mol. The Kier molecular flexibility index (Phi) is 16.8. The molecule has 0 saturated heterocycles. The molecule has 0 aliphatic rings. The lowest BCUT2D eigenvalue weighted by atomic mass is 9.93. The lowest BCUT2D eigenvalue weighted by molar-refractivity contribution is -0.137. The van der Waals surface area contributed by atoms with Gasteiger partial charge in [-0.15, -0.1) is 0 Å². The van der Waals surface area contributed by atoms with Gasteiger partial charge in [-0.3, -0.25) is 0 Å². The molecule has 57 heavy (non-hydrogen) atoms. The first-order valence-corrected chi connectivity index (χ1v) is 19.6. The molecule has 0 N–H and O–H groups in total. The quantitative estimate of drug-likeness (QED) is 0.0399. The molecule has 15 heteroatoms. The number of halogens is 9. The molecular weight excluding hydrogens is 771 g/mol. The van der Waals surface area contributed by atoms with E-state index < -0.39 is 37.8 Å². The smallest absolute Gasteiger partial charge is 0.389 e. The second kappa shape index (κ2) is 21.0. The molecule has 0 fully saturated rings. The van der Waals surface area contributed by atoms with Crippen LogP contribution < -0.4 is 28.4 Å². The Balaban J connectivity index is 2.00. The summed E-state index contributed by atoms with van der Waals surface area (Å²) in [5.41, 5.74) is 0. The Hall–Kier alpha value is -4.17. The predicted octanol–water partition coefficient (Wildman–Crippen LogP) is 13.8. The van der Waals surface area contributed by atoms with Crippen molar-refractivity contribution in [2.24, 2.45) is 0 Å². The molecule has 0 unspecified atom stereocenters. The maximum atomic E-state index is 13.0. The van der Waals surface area contributed by atoms with Crippen molar-refractivity contribution in [3.8, 4) is 34.5 Å². The van der Waals surface area contributed by atoms with Gasteiger partial charge in [-0.1, -0.05) is 40.0 Å². The summed E-state index contributed by atoms with van der Waals surface area (Å²) in [6.45, 7) is 6.04. The van der Waals surface area contributed by atoms with Crippen LogP contribution in [0.3, 0.4) is 0 Å². The Labute approximate surface area is 326 Å². The summed E-state index contributed by atoms with van der Waals surface area (Å²) >= 11 is 0. The van der Waals surface area contributed by atoms with Crippen LogP contribution in [-0.2, 0) is 0 Å². The summed E-state index contributed by atoms with van der Waals surface area (Å²) in [6, 6.07) is 10.2. The fourth-order valence-corrected chi connectivity index (χ4v) is 6.04. The lowest BCUT2D eigenvalue weighted by Crippen LogP contribution is -2.10. The molecule has 0 bridgehead atoms. The van der Waals surface area contributed by atoms with Crippen molar-refractivity contribution < 1.29 is 67.9 Å². The molecule has 0 saturated carbocycles. The van der Waals surface area contributed by atoms with Gasteiger partial charge in [0, 0.05) is 19.3 Å². The standard InChI is InChI=1S/C42H51F9O6/c1-4-7-16-52-34-22-28-31(25-37(34)55-19-10-13-40(43,44)45)29-23-35(53-17-8-5-2)39(57-21-12-15-42(49,50)51)27-33(29)30-24-36(54-18-9-6-3)38(26-32(28)30)56-20-11-14-41(46,47)48/h22-27H,4-21H2,1-3H3. The van der Waals surface area contributed by atoms with E-state index in [0.29, 0.717) is 71.4 Å². The Bertz CT molecular complexity index is 1630. The van der Waals surface area contributed by atoms with E-state index in [2.05, 4.69) is 0 Å². The first-order chi connectivity index (χ1) is 27.0. The van der Waals surface area contributed by atoms with Crippen LogP contribution in [0.5, 0.6) is 34.5 Å². The molecule has 318 valence electrons. The molecule has 0 aliphatic heterocycles. The number of fused-ring (bicyclic) bond motifs is 6. The molecule has 0 spiro atoms. The Morgan fingerprint density at radius 2 is 0.491 bits per heavy atom. The average Bonchev–Trinajstić information content (AvgIpc) is 3.13. The van der Waals surface area contributed by atoms with Crippen molar-refractivity contribution in [1.29, 1.82) is 0 Å². The highest BCUT2D eigenvalue weighted by atomic mass is 19.4. The van der Waals surface area contributed by atoms with E-state index in [1.165, 1.54) is 0 Å². The topological polar surface area (TPSA) is 55.4 Å². The molecule has 0 amide bonds. The van der Waals surface area contributed by atoms with Gasteiger partial charge >= 0.3 is 18.5 Å². The van der Waals surface area contributed by atoms with Gasteiger partial charge < -0.3 is 28.4 Å². The molecule has 0 aliphatic carbocycles. The molecule has 0 radical (unpaired) electrons. The minimum Gasteiger partial charge on any atom is -0.490 e. The molecule has 4 aromatic rings. The first kappa shape index (κ1) is 45.5. The zero-order valence-corrected chi connectivity index (χ0v) is 32.5. The van der Waals surface area contributed by atoms with Gasteiger partial charge in [0.2, 0.25) is 0 Å². The van der Waals surface area contributed by atoms with Crippen molar-refractivity contribution in [3.63, 3.8) is 0 Å². The number of rotatable bonds is 24. The van der Waals surface area contributed by atoms with Gasteiger partial charge in [-0.25, -0.2) is 0 Å². The number of hydrogen-bond donors (Lipinski definition) is 0. The first-order valence-electron chi connectivity index (χ1n) is 19.6. The van der Waals surface area contributed by atoms with Crippen LogP contribution >= 0.6 is 0 Å². The number of benzene rings is 4. The van der Waals surface area contributed by atoms with E-state index >= 15 is 0 Å². The summed E-state index contributed by atoms with van der Waals surface area (Å²) in [5, 5.41) is 3.51. The second-order valence-corrected chi connectivity index (χ2v) is 13.8. The van der Waals surface area contributed by atoms with Crippen molar-refractivity contribution in [3.05, 3.63) is 36.4 Å². The largest absolute Gasteiger partial charge is 0.490 e. The summed E-state index contributed by atoms with van der Waals surface area (Å²) in [4.78, 5) is 0. The number of unbranched alkanes of at least 4 members (excludes halogenated alkanes) is 3. The van der Waals surface area contributed by atoms with Crippen LogP contribution in [0.4, 0.5) is 39.5 Å². The molecule has 0 atom stereocenters. The number of hydrogen-bond acceptors (Lipinski definition) is 6. The Morgan fingerprint density at radius 1 is 0.316 bits per heavy atom. The van der Waals surface area contributed by atoms with Crippen molar-refractivity contribution in [2.45, 2.75) is 116 Å². The van der Waals surface area contributed by atoms with E-state index in [1.807, 2.05) is 20.8 Å². The highest BCUT2D eigenvalue weighted by Gasteiger charge is 2.28. The van der Waals surface area contributed by atoms with Crippen LogP contribution in [0.1, 0.15) is 97.8 Å². The number of ether oxygens (including phenoxy) is 6. The number of alkyl halides is 9. The van der Waals surface area contributed by atoms with E-state index in [0.717, 1.165) is 19.3 Å². The highest BCUT2D eigenvalue weighted by Crippen LogP contribution is 2.47. The molecular formula is C42H51F9O6. The minimum absolute atomic E-state index is 0.200. The maximum Gasteiger partial charge on any atom is 0.389 e. The Morgan fingerprint density at radius 3 is 0.649 bits per heavy atom. The van der Waals surface area contributed by atoms with Crippen LogP contribution in [0, 0.1) is 0 Å². The zero-order valence-electron chi connectivity index (χ0n) is 32.5. The maximum absolute atomic E-state index is 13.0. The van der Waals surface area contributed by atoms with Crippen molar-refractivity contribution in [1.82, 2.24) is 0 Å². The third kappa shape index (κ3) is 14.3. The van der Waals surface area contributed by atoms with Gasteiger partial charge in [-0.05, 0) is 107 Å². The molecule has 6 nitrogen and oxygen atoms in total. The fraction of sp³-hybridized carbons (Fsp3) is 0.571. The summed E-state index contributed by atoms with van der Waals surface area (Å²) in [6.07, 6.45) is -12.7. The predicted molar refractivity (Wildman–Crippen MR) is 203 cm³/mol. The van der Waals surface area contributed by atoms with Crippen LogP contribution in [0.25, 0.3) is 32.3 Å². The molecule has 4 rings (SSSR count). The van der Waals surface area contributed by atoms with Gasteiger partial charge in [0.1, 0.15) is 0 Å². The van der Waals surface area contributed by atoms with Crippen LogP contribution in [-0.4, -0.2) is 58.2 Å². The third-order valence-corrected chi connectivity index (χ3v) is 8.97. The van der Waals surface area contributed by atoms with Gasteiger partial charge in [0.15, 0.2) is 34.5 Å². The molecule has 0 aromatic heterocycles. The van der Waals surface area contributed by atoms with Crippen LogP contribution in [0.2, 0.25) is 0 Å². The minimum atomic E-state index is -4.37. The summed E-state index contributed by atoms with van der Waals surface area (Å²) in [7, 11) is 0. The summed E-state index contributed by atoms with van der Waals surface area (Å²) in [5.74, 6) is 1.44. The van der Waals surface area contributed by atoms with E-state index in [4.69, 9.17) is 28.4 Å². The van der Waals surface area contributed by atoms with E-state index in [9.17, 15) is 39.5 Å². The normalized spacial score (nSPS) is 12.4. The molecule has 0 heterocycles. The van der Waals surface area contributed by atoms with E-state index in [-0.39, 0.29) is 73.6 Å². The lowest BCUT2D eigenvalue weighted by Gasteiger charge is -2.21. The fourth-order valence-electron chi connectivity index (χ4n) is 6.04. The van der Waals surface area contributed by atoms with Crippen LogP contribution in [0.15, 0.2) is 36.4 Å². The van der Waals surface area contributed by atoms with Gasteiger partial charge in [0.25, 0.3) is 0 Å². The van der Waals surface area contributed by atoms with E-state index in [1.54, 1.807) is 36.4 Å². The average molecular weight is 823 g/mol. The van der Waals surface area contributed by atoms with Gasteiger partial charge in [-0.2, -0.15) is 39.5 Å². The molecule has 4 aromatic carbocycles.